The molecule has 1 aromatic heterocycles. The molecule has 140 valence electrons. The molecule has 1 heterocycles. The van der Waals surface area contributed by atoms with Crippen LogP contribution in [0.15, 0.2) is 76.1 Å². The Morgan fingerprint density at radius 1 is 1.04 bits per heavy atom. The number of phenolic OH excluding ortho intramolecular Hbond substituents is 1. The molecule has 0 aliphatic heterocycles. The number of aromatic hydroxyl groups is 1. The van der Waals surface area contributed by atoms with E-state index in [1.807, 2.05) is 60.0 Å². The fraction of sp³-hybridized carbons (Fsp3) is 0.0909. The molecule has 0 amide bonds. The summed E-state index contributed by atoms with van der Waals surface area (Å²) in [5.41, 5.74) is 2.47. The molecule has 4 aromatic rings. The number of aromatic nitrogens is 1. The molecular weight excluding hydrogens is 370 g/mol. The van der Waals surface area contributed by atoms with Crippen molar-refractivity contribution in [1.82, 2.24) is 4.68 Å². The predicted octanol–water partition coefficient (Wildman–Crippen LogP) is 4.50. The third-order valence-corrected chi connectivity index (χ3v) is 5.42. The molecule has 0 spiro atoms. The molecule has 0 aliphatic carbocycles. The molecule has 4 rings (SSSR count). The maximum atomic E-state index is 10.4. The second kappa shape index (κ2) is 7.70. The predicted molar refractivity (Wildman–Crippen MR) is 114 cm³/mol. The maximum Gasteiger partial charge on any atom is 0.205 e. The minimum Gasteiger partial charge on any atom is -0.507 e. The zero-order chi connectivity index (χ0) is 19.5. The van der Waals surface area contributed by atoms with Gasteiger partial charge in [-0.2, -0.15) is 5.10 Å². The van der Waals surface area contributed by atoms with Gasteiger partial charge in [-0.3, -0.25) is 4.99 Å². The van der Waals surface area contributed by atoms with Crippen LogP contribution in [0.25, 0.3) is 22.0 Å². The Kier molecular flexibility index (Phi) is 4.95. The van der Waals surface area contributed by atoms with E-state index >= 15 is 0 Å². The first-order chi connectivity index (χ1) is 13.7. The fourth-order valence-electron chi connectivity index (χ4n) is 3.14. The van der Waals surface area contributed by atoms with Crippen LogP contribution in [0.5, 0.6) is 11.5 Å². The molecule has 0 atom stereocenters. The molecule has 0 saturated carbocycles. The monoisotopic (exact) mass is 389 g/mol. The van der Waals surface area contributed by atoms with Gasteiger partial charge in [0.15, 0.2) is 0 Å². The molecule has 1 N–H and O–H groups in total. The molecule has 0 unspecified atom stereocenters. The van der Waals surface area contributed by atoms with Crippen LogP contribution in [-0.4, -0.2) is 30.2 Å². The highest BCUT2D eigenvalue weighted by molar-refractivity contribution is 7.07. The van der Waals surface area contributed by atoms with Gasteiger partial charge < -0.3 is 9.84 Å². The smallest absolute Gasteiger partial charge is 0.205 e. The second-order valence-corrected chi connectivity index (χ2v) is 6.94. The molecule has 0 aliphatic rings. The van der Waals surface area contributed by atoms with Gasteiger partial charge in [0.1, 0.15) is 11.5 Å². The molecule has 6 heteroatoms. The summed E-state index contributed by atoms with van der Waals surface area (Å²) in [5.74, 6) is 0.951. The second-order valence-electron chi connectivity index (χ2n) is 6.10. The number of rotatable bonds is 4. The van der Waals surface area contributed by atoms with E-state index in [0.717, 1.165) is 32.6 Å². The molecule has 5 nitrogen and oxygen atoms in total. The summed E-state index contributed by atoms with van der Waals surface area (Å²) in [6.07, 6.45) is 1.68. The van der Waals surface area contributed by atoms with Gasteiger partial charge in [-0.05, 0) is 29.0 Å². The van der Waals surface area contributed by atoms with Crippen molar-refractivity contribution in [2.75, 3.05) is 14.2 Å². The number of fused-ring (bicyclic) bond motifs is 1. The van der Waals surface area contributed by atoms with Crippen LogP contribution in [-0.2, 0) is 0 Å². The molecular formula is C22H19N3O2S. The van der Waals surface area contributed by atoms with Gasteiger partial charge in [0.25, 0.3) is 0 Å². The lowest BCUT2D eigenvalue weighted by molar-refractivity contribution is 0.416. The summed E-state index contributed by atoms with van der Waals surface area (Å²) in [6.45, 7) is 0. The Morgan fingerprint density at radius 3 is 2.64 bits per heavy atom. The molecule has 0 fully saturated rings. The van der Waals surface area contributed by atoms with Crippen molar-refractivity contribution in [1.29, 1.82) is 0 Å². The Hall–Kier alpha value is -3.38. The van der Waals surface area contributed by atoms with Gasteiger partial charge in [-0.1, -0.05) is 42.5 Å². The first-order valence-electron chi connectivity index (χ1n) is 8.74. The average Bonchev–Trinajstić information content (AvgIpc) is 3.15. The quantitative estimate of drug-likeness (QED) is 0.523. The molecule has 28 heavy (non-hydrogen) atoms. The highest BCUT2D eigenvalue weighted by atomic mass is 32.1. The minimum absolute atomic E-state index is 0.187. The fourth-order valence-corrected chi connectivity index (χ4v) is 3.93. The van der Waals surface area contributed by atoms with Gasteiger partial charge >= 0.3 is 0 Å². The lowest BCUT2D eigenvalue weighted by Crippen LogP contribution is -2.11. The molecule has 0 saturated heterocycles. The van der Waals surface area contributed by atoms with Crippen molar-refractivity contribution >= 4 is 28.3 Å². The Morgan fingerprint density at radius 2 is 1.82 bits per heavy atom. The number of benzene rings is 3. The maximum absolute atomic E-state index is 10.4. The highest BCUT2D eigenvalue weighted by Crippen LogP contribution is 2.30. The topological polar surface area (TPSA) is 59.1 Å². The summed E-state index contributed by atoms with van der Waals surface area (Å²) < 4.78 is 7.27. The van der Waals surface area contributed by atoms with Crippen LogP contribution in [0.1, 0.15) is 5.56 Å². The van der Waals surface area contributed by atoms with E-state index in [1.54, 1.807) is 31.1 Å². The Balaban J connectivity index is 1.88. The van der Waals surface area contributed by atoms with Gasteiger partial charge in [0.05, 0.1) is 19.0 Å². The number of thiazole rings is 1. The van der Waals surface area contributed by atoms with Crippen LogP contribution >= 0.6 is 11.3 Å². The summed E-state index contributed by atoms with van der Waals surface area (Å²) in [5, 5.41) is 19.0. The van der Waals surface area contributed by atoms with E-state index in [2.05, 4.69) is 10.1 Å². The van der Waals surface area contributed by atoms with E-state index in [4.69, 9.17) is 4.74 Å². The first kappa shape index (κ1) is 18.0. The normalized spacial score (nSPS) is 12.1. The van der Waals surface area contributed by atoms with Gasteiger partial charge in [-0.15, -0.1) is 11.3 Å². The average molecular weight is 389 g/mol. The third-order valence-electron chi connectivity index (χ3n) is 4.51. The van der Waals surface area contributed by atoms with Gasteiger partial charge in [0, 0.05) is 23.6 Å². The van der Waals surface area contributed by atoms with Crippen molar-refractivity contribution in [3.8, 4) is 22.8 Å². The summed E-state index contributed by atoms with van der Waals surface area (Å²) in [6, 6.07) is 19.3. The van der Waals surface area contributed by atoms with E-state index in [1.165, 1.54) is 11.3 Å². The lowest BCUT2D eigenvalue weighted by Gasteiger charge is -2.09. The number of nitrogens with zero attached hydrogens (tertiary/aromatic N) is 3. The van der Waals surface area contributed by atoms with Crippen LogP contribution in [0.3, 0.4) is 0 Å². The zero-order valence-electron chi connectivity index (χ0n) is 15.5. The van der Waals surface area contributed by atoms with Crippen LogP contribution in [0, 0.1) is 0 Å². The van der Waals surface area contributed by atoms with Crippen LogP contribution < -0.4 is 9.54 Å². The van der Waals surface area contributed by atoms with Gasteiger partial charge in [0.2, 0.25) is 4.80 Å². The van der Waals surface area contributed by atoms with Crippen molar-refractivity contribution in [3.63, 3.8) is 0 Å². The number of phenols is 1. The van der Waals surface area contributed by atoms with Crippen molar-refractivity contribution in [2.24, 2.45) is 10.1 Å². The number of ether oxygens (including phenoxy) is 1. The molecule has 0 bridgehead atoms. The Bertz CT molecular complexity index is 1240. The zero-order valence-corrected chi connectivity index (χ0v) is 16.4. The first-order valence-corrected chi connectivity index (χ1v) is 9.62. The molecule has 0 radical (unpaired) electrons. The van der Waals surface area contributed by atoms with E-state index in [-0.39, 0.29) is 5.75 Å². The van der Waals surface area contributed by atoms with Crippen molar-refractivity contribution in [3.05, 3.63) is 76.4 Å². The van der Waals surface area contributed by atoms with E-state index in [9.17, 15) is 5.11 Å². The van der Waals surface area contributed by atoms with Gasteiger partial charge in [-0.25, -0.2) is 4.68 Å². The number of methoxy groups -OCH3 is 1. The number of hydrogen-bond acceptors (Lipinski definition) is 5. The lowest BCUT2D eigenvalue weighted by atomic mass is 10.0. The van der Waals surface area contributed by atoms with Crippen molar-refractivity contribution in [2.45, 2.75) is 0 Å². The number of para-hydroxylation sites is 1. The summed E-state index contributed by atoms with van der Waals surface area (Å²) in [4.78, 5) is 5.08. The standard InChI is InChI=1S/C22H19N3O2S/c1-23-22-25(19(14-28-22)17-9-5-6-10-21(17)27-2)24-13-18-16-8-4-3-7-15(16)11-12-20(18)26/h3-14,26H,1-2H3. The minimum atomic E-state index is 0.187. The molecule has 3 aromatic carbocycles. The van der Waals surface area contributed by atoms with E-state index < -0.39 is 0 Å². The summed E-state index contributed by atoms with van der Waals surface area (Å²) >= 11 is 1.50. The van der Waals surface area contributed by atoms with Crippen LogP contribution in [0.4, 0.5) is 0 Å². The highest BCUT2D eigenvalue weighted by Gasteiger charge is 2.12. The SMILES string of the molecule is CN=c1scc(-c2ccccc2OC)n1N=Cc1c(O)ccc2ccccc12. The largest absolute Gasteiger partial charge is 0.507 e. The van der Waals surface area contributed by atoms with Crippen molar-refractivity contribution < 1.29 is 9.84 Å². The van der Waals surface area contributed by atoms with E-state index in [0.29, 0.717) is 5.56 Å². The summed E-state index contributed by atoms with van der Waals surface area (Å²) in [7, 11) is 3.39. The third kappa shape index (κ3) is 3.18. The Labute approximate surface area is 166 Å². The van der Waals surface area contributed by atoms with Crippen LogP contribution in [0.2, 0.25) is 0 Å². The number of hydrogen-bond donors (Lipinski definition) is 1.